The molecule has 1 amide bonds. The van der Waals surface area contributed by atoms with Gasteiger partial charge in [0.1, 0.15) is 5.69 Å². The highest BCUT2D eigenvalue weighted by Crippen LogP contribution is 2.27. The van der Waals surface area contributed by atoms with Gasteiger partial charge in [-0.1, -0.05) is 0 Å². The Bertz CT molecular complexity index is 1290. The number of aromatic nitrogens is 4. The Labute approximate surface area is 195 Å². The van der Waals surface area contributed by atoms with Crippen LogP contribution in [0.2, 0.25) is 6.82 Å². The molecular formula is C22H22BN7O2S. The third kappa shape index (κ3) is 4.56. The van der Waals surface area contributed by atoms with Crippen LogP contribution in [0.1, 0.15) is 10.5 Å². The number of anilines is 2. The molecule has 166 valence electrons. The molecule has 4 aromatic rings. The van der Waals surface area contributed by atoms with Gasteiger partial charge >= 0.3 is 7.05 Å². The standard InChI is InChI=1S/C22H22BN7O2S/c1-23(32)30-10-8-29(9-11-30)19-5-6-24-13-18(19)28-22(31)16-4-7-25-21(27-16)15-2-3-20-17(12-15)26-14-33-20/h2-7,12-14,32H,8-11H2,1H3,(H,28,31). The van der Waals surface area contributed by atoms with E-state index >= 15 is 0 Å². The lowest BCUT2D eigenvalue weighted by atomic mass is 9.84. The monoisotopic (exact) mass is 459 g/mol. The molecule has 1 aliphatic rings. The molecule has 0 saturated carbocycles. The molecule has 9 nitrogen and oxygen atoms in total. The molecule has 33 heavy (non-hydrogen) atoms. The Balaban J connectivity index is 1.35. The van der Waals surface area contributed by atoms with Crippen molar-refractivity contribution < 1.29 is 9.82 Å². The zero-order valence-electron chi connectivity index (χ0n) is 18.0. The first kappa shape index (κ1) is 21.4. The maximum Gasteiger partial charge on any atom is 0.376 e. The Kier molecular flexibility index (Phi) is 5.99. The van der Waals surface area contributed by atoms with Gasteiger partial charge in [0.2, 0.25) is 0 Å². The quantitative estimate of drug-likeness (QED) is 0.439. The second-order valence-corrected chi connectivity index (χ2v) is 8.69. The van der Waals surface area contributed by atoms with Crippen molar-refractivity contribution in [1.29, 1.82) is 0 Å². The van der Waals surface area contributed by atoms with Gasteiger partial charge in [-0.15, -0.1) is 11.3 Å². The Hall–Kier alpha value is -3.41. The van der Waals surface area contributed by atoms with Crippen molar-refractivity contribution in [3.8, 4) is 11.4 Å². The number of carbonyl (C=O) groups excluding carboxylic acids is 1. The zero-order valence-corrected chi connectivity index (χ0v) is 18.9. The molecule has 1 fully saturated rings. The van der Waals surface area contributed by atoms with Gasteiger partial charge in [0.05, 0.1) is 33.3 Å². The van der Waals surface area contributed by atoms with Crippen LogP contribution in [0, 0.1) is 0 Å². The summed E-state index contributed by atoms with van der Waals surface area (Å²) in [6.07, 6.45) is 4.94. The predicted molar refractivity (Wildman–Crippen MR) is 130 cm³/mol. The van der Waals surface area contributed by atoms with Crippen LogP contribution in [0.15, 0.2) is 54.4 Å². The van der Waals surface area contributed by atoms with Crippen LogP contribution >= 0.6 is 11.3 Å². The second-order valence-electron chi connectivity index (χ2n) is 7.80. The van der Waals surface area contributed by atoms with E-state index in [1.54, 1.807) is 48.3 Å². The molecule has 0 atom stereocenters. The summed E-state index contributed by atoms with van der Waals surface area (Å²) in [5.74, 6) is 0.142. The molecule has 11 heteroatoms. The van der Waals surface area contributed by atoms with E-state index in [2.05, 4.69) is 30.2 Å². The first-order chi connectivity index (χ1) is 16.1. The van der Waals surface area contributed by atoms with E-state index in [0.717, 1.165) is 47.6 Å². The summed E-state index contributed by atoms with van der Waals surface area (Å²) in [4.78, 5) is 34.6. The maximum absolute atomic E-state index is 13.0. The smallest absolute Gasteiger partial charge is 0.376 e. The molecule has 0 bridgehead atoms. The number of piperazine rings is 1. The number of amides is 1. The minimum absolute atomic E-state index is 0.270. The molecule has 1 saturated heterocycles. The summed E-state index contributed by atoms with van der Waals surface area (Å²) < 4.78 is 1.09. The van der Waals surface area contributed by atoms with E-state index in [-0.39, 0.29) is 11.6 Å². The van der Waals surface area contributed by atoms with E-state index in [9.17, 15) is 9.82 Å². The minimum Gasteiger partial charge on any atom is -0.437 e. The number of benzene rings is 1. The molecule has 0 radical (unpaired) electrons. The van der Waals surface area contributed by atoms with Crippen LogP contribution in [0.4, 0.5) is 11.4 Å². The Morgan fingerprint density at radius 1 is 1.12 bits per heavy atom. The van der Waals surface area contributed by atoms with Crippen LogP contribution in [-0.4, -0.2) is 68.9 Å². The third-order valence-electron chi connectivity index (χ3n) is 5.71. The van der Waals surface area contributed by atoms with E-state index < -0.39 is 7.05 Å². The van der Waals surface area contributed by atoms with Gasteiger partial charge in [0, 0.05) is 44.1 Å². The number of hydrogen-bond acceptors (Lipinski definition) is 9. The van der Waals surface area contributed by atoms with Gasteiger partial charge in [0.15, 0.2) is 5.82 Å². The van der Waals surface area contributed by atoms with Gasteiger partial charge in [-0.25, -0.2) is 15.0 Å². The largest absolute Gasteiger partial charge is 0.437 e. The molecule has 0 aliphatic carbocycles. The van der Waals surface area contributed by atoms with Crippen LogP contribution in [0.25, 0.3) is 21.6 Å². The van der Waals surface area contributed by atoms with Crippen molar-refractivity contribution in [2.45, 2.75) is 6.82 Å². The first-order valence-corrected chi connectivity index (χ1v) is 11.6. The van der Waals surface area contributed by atoms with E-state index in [1.807, 2.05) is 29.1 Å². The number of rotatable bonds is 5. The van der Waals surface area contributed by atoms with Gasteiger partial charge in [-0.2, -0.15) is 0 Å². The highest BCUT2D eigenvalue weighted by Gasteiger charge is 2.24. The van der Waals surface area contributed by atoms with Crippen molar-refractivity contribution in [3.05, 3.63) is 60.1 Å². The highest BCUT2D eigenvalue weighted by molar-refractivity contribution is 7.16. The van der Waals surface area contributed by atoms with Gasteiger partial charge < -0.3 is 20.1 Å². The summed E-state index contributed by atoms with van der Waals surface area (Å²) in [5, 5.41) is 12.8. The average molecular weight is 459 g/mol. The fraction of sp³-hybridized carbons (Fsp3) is 0.227. The fourth-order valence-electron chi connectivity index (χ4n) is 3.90. The molecule has 4 heterocycles. The number of hydrogen-bond donors (Lipinski definition) is 2. The molecule has 0 unspecified atom stereocenters. The topological polar surface area (TPSA) is 107 Å². The van der Waals surface area contributed by atoms with Crippen LogP contribution in [0.5, 0.6) is 0 Å². The Morgan fingerprint density at radius 3 is 2.79 bits per heavy atom. The van der Waals surface area contributed by atoms with E-state index in [1.165, 1.54) is 0 Å². The van der Waals surface area contributed by atoms with Crippen molar-refractivity contribution >= 4 is 45.9 Å². The minimum atomic E-state index is -0.466. The lowest BCUT2D eigenvalue weighted by Gasteiger charge is -2.37. The van der Waals surface area contributed by atoms with Crippen LogP contribution < -0.4 is 10.2 Å². The second kappa shape index (κ2) is 9.22. The molecular weight excluding hydrogens is 437 g/mol. The van der Waals surface area contributed by atoms with E-state index in [0.29, 0.717) is 11.5 Å². The summed E-state index contributed by atoms with van der Waals surface area (Å²) in [6.45, 7) is 4.75. The van der Waals surface area contributed by atoms with Crippen molar-refractivity contribution in [2.24, 2.45) is 0 Å². The molecule has 1 aliphatic heterocycles. The predicted octanol–water partition coefficient (Wildman–Crippen LogP) is 2.63. The summed E-state index contributed by atoms with van der Waals surface area (Å²) in [7, 11) is -0.466. The number of pyridine rings is 1. The lowest BCUT2D eigenvalue weighted by Crippen LogP contribution is -2.51. The van der Waals surface area contributed by atoms with Gasteiger partial charge in [-0.05, 0) is 37.2 Å². The Morgan fingerprint density at radius 2 is 1.97 bits per heavy atom. The van der Waals surface area contributed by atoms with Crippen molar-refractivity contribution in [2.75, 3.05) is 36.4 Å². The average Bonchev–Trinajstić information content (AvgIpc) is 3.32. The number of nitrogens with one attached hydrogen (secondary N) is 1. The van der Waals surface area contributed by atoms with Gasteiger partial charge in [0.25, 0.3) is 5.91 Å². The molecule has 3 aromatic heterocycles. The number of carbonyl (C=O) groups is 1. The van der Waals surface area contributed by atoms with Crippen molar-refractivity contribution in [3.63, 3.8) is 0 Å². The fourth-order valence-corrected chi connectivity index (χ4v) is 4.56. The highest BCUT2D eigenvalue weighted by atomic mass is 32.1. The van der Waals surface area contributed by atoms with E-state index in [4.69, 9.17) is 0 Å². The maximum atomic E-state index is 13.0. The summed E-state index contributed by atoms with van der Waals surface area (Å²) in [6, 6.07) is 9.33. The molecule has 5 rings (SSSR count). The number of nitrogens with zero attached hydrogens (tertiary/aromatic N) is 6. The SMILES string of the molecule is CB(O)N1CCN(c2ccncc2NC(=O)c2ccnc(-c3ccc4scnc4c3)n2)CC1. The van der Waals surface area contributed by atoms with Crippen molar-refractivity contribution in [1.82, 2.24) is 24.7 Å². The normalized spacial score (nSPS) is 14.4. The zero-order chi connectivity index (χ0) is 22.8. The first-order valence-electron chi connectivity index (χ1n) is 10.7. The number of fused-ring (bicyclic) bond motifs is 1. The van der Waals surface area contributed by atoms with Crippen LogP contribution in [-0.2, 0) is 0 Å². The summed E-state index contributed by atoms with van der Waals surface area (Å²) in [5.41, 5.74) is 5.28. The van der Waals surface area contributed by atoms with Crippen LogP contribution in [0.3, 0.4) is 0 Å². The molecule has 2 N–H and O–H groups in total. The number of thiazole rings is 1. The summed E-state index contributed by atoms with van der Waals surface area (Å²) >= 11 is 1.57. The third-order valence-corrected chi connectivity index (χ3v) is 6.52. The van der Waals surface area contributed by atoms with Gasteiger partial charge in [-0.3, -0.25) is 9.78 Å². The molecule has 0 spiro atoms. The lowest BCUT2D eigenvalue weighted by molar-refractivity contribution is 0.102. The molecule has 1 aromatic carbocycles.